The Bertz CT molecular complexity index is 463. The van der Waals surface area contributed by atoms with E-state index < -0.39 is 11.9 Å². The Labute approximate surface area is 131 Å². The minimum Gasteiger partial charge on any atom is -0.478 e. The number of nitrogens with two attached hydrogens (primary N) is 1. The molecule has 0 aromatic heterocycles. The van der Waals surface area contributed by atoms with Crippen LogP contribution < -0.4 is 5.84 Å². The Kier molecular flexibility index (Phi) is 6.73. The lowest BCUT2D eigenvalue weighted by Crippen LogP contribution is -2.56. The average molecular weight is 310 g/mol. The fourth-order valence-electron chi connectivity index (χ4n) is 1.76. The second kappa shape index (κ2) is 7.38. The molecule has 0 atom stereocenters. The van der Waals surface area contributed by atoms with E-state index in [-0.39, 0.29) is 22.2 Å². The summed E-state index contributed by atoms with van der Waals surface area (Å²) in [6, 6.07) is 5.02. The van der Waals surface area contributed by atoms with Crippen LogP contribution in [0.15, 0.2) is 24.3 Å². The molecule has 22 heavy (non-hydrogen) atoms. The molecule has 0 bridgehead atoms. The van der Waals surface area contributed by atoms with Gasteiger partial charge in [0.1, 0.15) is 0 Å². The van der Waals surface area contributed by atoms with E-state index >= 15 is 0 Å². The van der Waals surface area contributed by atoms with Crippen molar-refractivity contribution < 1.29 is 19.8 Å². The third-order valence-corrected chi connectivity index (χ3v) is 2.82. The van der Waals surface area contributed by atoms with Crippen LogP contribution in [0.1, 0.15) is 62.3 Å². The zero-order valence-corrected chi connectivity index (χ0v) is 14.0. The Morgan fingerprint density at radius 2 is 1.05 bits per heavy atom. The maximum atomic E-state index is 10.3. The average Bonchev–Trinajstić information content (AvgIpc) is 2.36. The largest absolute Gasteiger partial charge is 0.478 e. The summed E-state index contributed by atoms with van der Waals surface area (Å²) in [7, 11) is 0. The highest BCUT2D eigenvalue weighted by atomic mass is 16.4. The minimum atomic E-state index is -1.06. The number of benzene rings is 1. The van der Waals surface area contributed by atoms with Gasteiger partial charge in [-0.2, -0.15) is 0 Å². The number of carboxylic acid groups (broad SMARTS) is 2. The number of carboxylic acids is 2. The topological polar surface area (TPSA) is 104 Å². The molecule has 6 nitrogen and oxygen atoms in total. The molecular formula is C16H26N2O4. The fraction of sp³-hybridized carbons (Fsp3) is 0.500. The summed E-state index contributed by atoms with van der Waals surface area (Å²) >= 11 is 0. The third kappa shape index (κ3) is 6.69. The Balaban J connectivity index is 0.000000409. The summed E-state index contributed by atoms with van der Waals surface area (Å²) in [4.78, 5) is 20.7. The van der Waals surface area contributed by atoms with Crippen LogP contribution in [0.5, 0.6) is 0 Å². The Hall–Kier alpha value is -1.92. The highest BCUT2D eigenvalue weighted by Crippen LogP contribution is 2.19. The standard InChI is InChI=1S/C8H20N2.C8H6O4/c1-7(2,3)10(9)8(4,5)6;9-7(10)5-1-2-6(4-3-5)8(11)12/h9H2,1-6H3;1-4H,(H,9,10)(H,11,12). The van der Waals surface area contributed by atoms with Gasteiger partial charge in [-0.15, -0.1) is 0 Å². The lowest BCUT2D eigenvalue weighted by atomic mass is 9.99. The molecule has 1 rings (SSSR count). The molecule has 0 amide bonds. The fourth-order valence-corrected chi connectivity index (χ4v) is 1.76. The van der Waals surface area contributed by atoms with Crippen LogP contribution in [0.2, 0.25) is 0 Å². The molecule has 0 aliphatic carbocycles. The van der Waals surface area contributed by atoms with E-state index in [1.165, 1.54) is 24.3 Å². The lowest BCUT2D eigenvalue weighted by Gasteiger charge is -2.41. The van der Waals surface area contributed by atoms with Crippen LogP contribution in [0.25, 0.3) is 0 Å². The molecule has 124 valence electrons. The molecule has 0 saturated heterocycles. The van der Waals surface area contributed by atoms with Crippen molar-refractivity contribution in [2.24, 2.45) is 5.84 Å². The SMILES string of the molecule is CC(C)(C)N(N)C(C)(C)C.O=C(O)c1ccc(C(=O)O)cc1. The zero-order chi connectivity index (χ0) is 17.7. The molecule has 1 aromatic carbocycles. The maximum Gasteiger partial charge on any atom is 0.335 e. The van der Waals surface area contributed by atoms with E-state index in [0.717, 1.165) is 0 Å². The molecule has 0 spiro atoms. The monoisotopic (exact) mass is 310 g/mol. The molecule has 0 radical (unpaired) electrons. The molecule has 1 aromatic rings. The number of rotatable bonds is 2. The Morgan fingerprint density at radius 1 is 0.818 bits per heavy atom. The van der Waals surface area contributed by atoms with Crippen LogP contribution in [-0.4, -0.2) is 38.2 Å². The number of carbonyl (C=O) groups is 2. The first-order chi connectivity index (χ1) is 9.76. The molecule has 0 aliphatic heterocycles. The second-order valence-corrected chi connectivity index (χ2v) is 6.90. The van der Waals surface area contributed by atoms with E-state index in [4.69, 9.17) is 16.1 Å². The number of hydrogen-bond donors (Lipinski definition) is 3. The van der Waals surface area contributed by atoms with Crippen LogP contribution >= 0.6 is 0 Å². The third-order valence-electron chi connectivity index (χ3n) is 2.82. The molecule has 0 aliphatic rings. The van der Waals surface area contributed by atoms with Crippen molar-refractivity contribution in [1.29, 1.82) is 0 Å². The highest BCUT2D eigenvalue weighted by Gasteiger charge is 2.28. The Morgan fingerprint density at radius 3 is 1.14 bits per heavy atom. The van der Waals surface area contributed by atoms with Crippen LogP contribution in [0.3, 0.4) is 0 Å². The molecule has 0 heterocycles. The number of aromatic carboxylic acids is 2. The summed E-state index contributed by atoms with van der Waals surface area (Å²) in [5, 5.41) is 18.8. The van der Waals surface area contributed by atoms with Crippen LogP contribution in [0, 0.1) is 0 Å². The maximum absolute atomic E-state index is 10.3. The van der Waals surface area contributed by atoms with Gasteiger partial charge in [0.05, 0.1) is 11.1 Å². The normalized spacial score (nSPS) is 11.6. The van der Waals surface area contributed by atoms with Gasteiger partial charge in [0.2, 0.25) is 0 Å². The molecular weight excluding hydrogens is 284 g/mol. The van der Waals surface area contributed by atoms with Crippen molar-refractivity contribution in [1.82, 2.24) is 5.01 Å². The smallest absolute Gasteiger partial charge is 0.335 e. The second-order valence-electron chi connectivity index (χ2n) is 6.90. The van der Waals surface area contributed by atoms with Gasteiger partial charge < -0.3 is 10.2 Å². The summed E-state index contributed by atoms with van der Waals surface area (Å²) in [6.07, 6.45) is 0. The zero-order valence-electron chi connectivity index (χ0n) is 14.0. The predicted molar refractivity (Wildman–Crippen MR) is 85.9 cm³/mol. The summed E-state index contributed by atoms with van der Waals surface area (Å²) < 4.78 is 0. The van der Waals surface area contributed by atoms with E-state index in [2.05, 4.69) is 41.5 Å². The van der Waals surface area contributed by atoms with Crippen molar-refractivity contribution in [3.05, 3.63) is 35.4 Å². The van der Waals surface area contributed by atoms with Crippen molar-refractivity contribution >= 4 is 11.9 Å². The van der Waals surface area contributed by atoms with Crippen molar-refractivity contribution in [3.63, 3.8) is 0 Å². The summed E-state index contributed by atoms with van der Waals surface area (Å²) in [5.74, 6) is 3.74. The molecule has 0 unspecified atom stereocenters. The molecule has 4 N–H and O–H groups in total. The van der Waals surface area contributed by atoms with Crippen LogP contribution in [0.4, 0.5) is 0 Å². The number of hydrogen-bond acceptors (Lipinski definition) is 4. The van der Waals surface area contributed by atoms with E-state index in [1.54, 1.807) is 0 Å². The van der Waals surface area contributed by atoms with Gasteiger partial charge in [0, 0.05) is 11.1 Å². The molecule has 0 fully saturated rings. The number of hydrazine groups is 1. The first-order valence-corrected chi connectivity index (χ1v) is 6.88. The van der Waals surface area contributed by atoms with E-state index in [1.807, 2.05) is 5.01 Å². The lowest BCUT2D eigenvalue weighted by molar-refractivity contribution is 0.0381. The van der Waals surface area contributed by atoms with Crippen LogP contribution in [-0.2, 0) is 0 Å². The van der Waals surface area contributed by atoms with Gasteiger partial charge in [0.25, 0.3) is 0 Å². The van der Waals surface area contributed by atoms with Gasteiger partial charge in [-0.05, 0) is 65.8 Å². The van der Waals surface area contributed by atoms with Gasteiger partial charge in [0.15, 0.2) is 0 Å². The van der Waals surface area contributed by atoms with Crippen molar-refractivity contribution in [3.8, 4) is 0 Å². The molecule has 6 heteroatoms. The molecule has 0 saturated carbocycles. The van der Waals surface area contributed by atoms with E-state index in [0.29, 0.717) is 0 Å². The highest BCUT2D eigenvalue weighted by molar-refractivity contribution is 5.91. The van der Waals surface area contributed by atoms with Gasteiger partial charge in [-0.25, -0.2) is 14.6 Å². The van der Waals surface area contributed by atoms with Crippen molar-refractivity contribution in [2.75, 3.05) is 0 Å². The van der Waals surface area contributed by atoms with Crippen molar-refractivity contribution in [2.45, 2.75) is 52.6 Å². The summed E-state index contributed by atoms with van der Waals surface area (Å²) in [6.45, 7) is 12.7. The quantitative estimate of drug-likeness (QED) is 0.573. The van der Waals surface area contributed by atoms with Gasteiger partial charge in [-0.3, -0.25) is 5.84 Å². The first-order valence-electron chi connectivity index (χ1n) is 6.88. The first kappa shape index (κ1) is 20.1. The number of nitrogens with zero attached hydrogens (tertiary/aromatic N) is 1. The minimum absolute atomic E-state index is 0.0538. The summed E-state index contributed by atoms with van der Waals surface area (Å²) in [5.41, 5.74) is 0.274. The van der Waals surface area contributed by atoms with Gasteiger partial charge >= 0.3 is 11.9 Å². The van der Waals surface area contributed by atoms with Gasteiger partial charge in [-0.1, -0.05) is 0 Å². The predicted octanol–water partition coefficient (Wildman–Crippen LogP) is 2.84. The van der Waals surface area contributed by atoms with E-state index in [9.17, 15) is 9.59 Å².